The van der Waals surface area contributed by atoms with Crippen molar-refractivity contribution in [3.05, 3.63) is 85.8 Å². The van der Waals surface area contributed by atoms with Crippen molar-refractivity contribution in [3.8, 4) is 17.2 Å². The molecule has 0 saturated carbocycles. The summed E-state index contributed by atoms with van der Waals surface area (Å²) in [6, 6.07) is 14.0. The maximum atomic E-state index is 13.2. The van der Waals surface area contributed by atoms with Crippen LogP contribution in [0.2, 0.25) is 10.0 Å². The van der Waals surface area contributed by atoms with Crippen LogP contribution in [0.1, 0.15) is 18.1 Å². The van der Waals surface area contributed by atoms with Crippen LogP contribution < -0.4 is 24.4 Å². The summed E-state index contributed by atoms with van der Waals surface area (Å²) in [6.45, 7) is 2.51. The third-order valence-corrected chi connectivity index (χ3v) is 6.77. The Morgan fingerprint density at radius 3 is 2.37 bits per heavy atom. The molecule has 1 saturated heterocycles. The fourth-order valence-electron chi connectivity index (χ4n) is 3.66. The molecule has 0 radical (unpaired) electrons. The Balaban J connectivity index is 1.61. The van der Waals surface area contributed by atoms with Crippen LogP contribution in [0.25, 0.3) is 6.08 Å². The van der Waals surface area contributed by atoms with E-state index < -0.39 is 17.8 Å². The van der Waals surface area contributed by atoms with E-state index in [0.717, 1.165) is 10.5 Å². The van der Waals surface area contributed by atoms with Gasteiger partial charge >= 0.3 is 6.03 Å². The highest BCUT2D eigenvalue weighted by Crippen LogP contribution is 2.38. The maximum Gasteiger partial charge on any atom is 0.335 e. The minimum atomic E-state index is -0.842. The van der Waals surface area contributed by atoms with E-state index in [4.69, 9.17) is 37.4 Å². The van der Waals surface area contributed by atoms with Gasteiger partial charge in [0.1, 0.15) is 17.9 Å². The molecular weight excluding hydrogens is 599 g/mol. The first-order valence-electron chi connectivity index (χ1n) is 11.3. The molecule has 196 valence electrons. The average Bonchev–Trinajstić information content (AvgIpc) is 2.88. The number of halogens is 3. The highest BCUT2D eigenvalue weighted by atomic mass is 79.9. The van der Waals surface area contributed by atoms with E-state index >= 15 is 0 Å². The van der Waals surface area contributed by atoms with Crippen LogP contribution in [0.4, 0.5) is 10.5 Å². The highest BCUT2D eigenvalue weighted by Gasteiger charge is 2.37. The normalized spacial score (nSPS) is 14.5. The van der Waals surface area contributed by atoms with Crippen LogP contribution in [0.3, 0.4) is 0 Å². The second kappa shape index (κ2) is 11.9. The van der Waals surface area contributed by atoms with Crippen molar-refractivity contribution in [3.63, 3.8) is 0 Å². The Bertz CT molecular complexity index is 1440. The van der Waals surface area contributed by atoms with Gasteiger partial charge in [-0.15, -0.1) is 0 Å². The SMILES string of the molecule is CCOc1ccc(N2C(=O)NC(=O)/C(=C\c3cc(Br)c(OCc4ccc(Cl)c(Cl)c4)c(OC)c3)C2=O)cc1. The lowest BCUT2D eigenvalue weighted by Crippen LogP contribution is -2.54. The summed E-state index contributed by atoms with van der Waals surface area (Å²) in [5.74, 6) is -0.220. The number of anilines is 1. The van der Waals surface area contributed by atoms with Gasteiger partial charge < -0.3 is 14.2 Å². The van der Waals surface area contributed by atoms with Gasteiger partial charge in [-0.05, 0) is 88.6 Å². The molecule has 1 N–H and O–H groups in total. The zero-order valence-electron chi connectivity index (χ0n) is 20.2. The third-order valence-electron chi connectivity index (χ3n) is 5.44. The fraction of sp³-hybridized carbons (Fsp3) is 0.148. The molecule has 4 rings (SSSR count). The summed E-state index contributed by atoms with van der Waals surface area (Å²) in [5, 5.41) is 3.06. The quantitative estimate of drug-likeness (QED) is 0.231. The van der Waals surface area contributed by atoms with Crippen molar-refractivity contribution in [2.24, 2.45) is 0 Å². The molecule has 11 heteroatoms. The first-order chi connectivity index (χ1) is 18.2. The number of rotatable bonds is 8. The molecule has 1 fully saturated rings. The Kier molecular flexibility index (Phi) is 8.61. The number of hydrogen-bond donors (Lipinski definition) is 1. The number of carbonyl (C=O) groups excluding carboxylic acids is 3. The van der Waals surface area contributed by atoms with Crippen LogP contribution in [0.15, 0.2) is 64.6 Å². The van der Waals surface area contributed by atoms with Crippen LogP contribution in [-0.4, -0.2) is 31.6 Å². The van der Waals surface area contributed by atoms with Gasteiger partial charge in [-0.3, -0.25) is 14.9 Å². The van der Waals surface area contributed by atoms with E-state index in [2.05, 4.69) is 21.2 Å². The van der Waals surface area contributed by atoms with Crippen molar-refractivity contribution in [2.45, 2.75) is 13.5 Å². The number of urea groups is 1. The van der Waals surface area contributed by atoms with Gasteiger partial charge in [0.2, 0.25) is 0 Å². The maximum absolute atomic E-state index is 13.2. The molecular formula is C27H21BrCl2N2O6. The number of imide groups is 2. The highest BCUT2D eigenvalue weighted by molar-refractivity contribution is 9.10. The summed E-state index contributed by atoms with van der Waals surface area (Å²) in [7, 11) is 1.47. The smallest absolute Gasteiger partial charge is 0.335 e. The van der Waals surface area contributed by atoms with E-state index in [9.17, 15) is 14.4 Å². The fourth-order valence-corrected chi connectivity index (χ4v) is 4.56. The molecule has 4 amide bonds. The standard InChI is InChI=1S/C27H21BrCl2N2O6/c1-3-37-18-7-5-17(6-8-18)32-26(34)19(25(33)31-27(32)35)10-16-11-20(28)24(23(13-16)36-2)38-14-15-4-9-21(29)22(30)12-15/h4-13H,3,14H2,1-2H3,(H,31,33,35)/b19-10+. The zero-order chi connectivity index (χ0) is 27.4. The molecule has 0 aliphatic carbocycles. The summed E-state index contributed by atoms with van der Waals surface area (Å²) in [6.07, 6.45) is 1.38. The molecule has 8 nitrogen and oxygen atoms in total. The van der Waals surface area contributed by atoms with E-state index in [1.54, 1.807) is 54.6 Å². The lowest BCUT2D eigenvalue weighted by atomic mass is 10.1. The van der Waals surface area contributed by atoms with E-state index in [0.29, 0.717) is 49.6 Å². The zero-order valence-corrected chi connectivity index (χ0v) is 23.3. The lowest BCUT2D eigenvalue weighted by Gasteiger charge is -2.26. The predicted octanol–water partition coefficient (Wildman–Crippen LogP) is 6.41. The van der Waals surface area contributed by atoms with Gasteiger partial charge in [0.25, 0.3) is 11.8 Å². The number of hydrogen-bond acceptors (Lipinski definition) is 6. The number of nitrogens with zero attached hydrogens (tertiary/aromatic N) is 1. The van der Waals surface area contributed by atoms with Crippen molar-refractivity contribution in [1.82, 2.24) is 5.32 Å². The van der Waals surface area contributed by atoms with Gasteiger partial charge in [0.15, 0.2) is 11.5 Å². The van der Waals surface area contributed by atoms with Crippen LogP contribution in [0.5, 0.6) is 17.2 Å². The van der Waals surface area contributed by atoms with E-state index in [1.807, 2.05) is 6.92 Å². The van der Waals surface area contributed by atoms with Gasteiger partial charge in [-0.2, -0.15) is 0 Å². The number of nitrogens with one attached hydrogen (secondary N) is 1. The van der Waals surface area contributed by atoms with Crippen LogP contribution in [0, 0.1) is 0 Å². The molecule has 3 aromatic rings. The average molecular weight is 620 g/mol. The number of ether oxygens (including phenoxy) is 3. The molecule has 0 spiro atoms. The Morgan fingerprint density at radius 1 is 0.974 bits per heavy atom. The summed E-state index contributed by atoms with van der Waals surface area (Å²) >= 11 is 15.5. The lowest BCUT2D eigenvalue weighted by molar-refractivity contribution is -0.122. The van der Waals surface area contributed by atoms with Gasteiger partial charge in [-0.1, -0.05) is 29.3 Å². The number of carbonyl (C=O) groups is 3. The van der Waals surface area contributed by atoms with Gasteiger partial charge in [0.05, 0.1) is 33.9 Å². The van der Waals surface area contributed by atoms with Crippen LogP contribution >= 0.6 is 39.1 Å². The molecule has 0 atom stereocenters. The molecule has 0 bridgehead atoms. The van der Waals surface area contributed by atoms with Crippen molar-refractivity contribution in [1.29, 1.82) is 0 Å². The predicted molar refractivity (Wildman–Crippen MR) is 148 cm³/mol. The Labute approximate surface area is 237 Å². The second-order valence-corrected chi connectivity index (χ2v) is 9.62. The Morgan fingerprint density at radius 2 is 1.71 bits per heavy atom. The van der Waals surface area contributed by atoms with Gasteiger partial charge in [0, 0.05) is 0 Å². The number of benzene rings is 3. The third kappa shape index (κ3) is 5.96. The van der Waals surface area contributed by atoms with Crippen LogP contribution in [-0.2, 0) is 16.2 Å². The topological polar surface area (TPSA) is 94.2 Å². The Hall–Kier alpha value is -3.53. The minimum Gasteiger partial charge on any atom is -0.494 e. The van der Waals surface area contributed by atoms with Crippen molar-refractivity contribution >= 4 is 68.7 Å². The second-order valence-electron chi connectivity index (χ2n) is 7.96. The molecule has 1 heterocycles. The molecule has 0 unspecified atom stereocenters. The first kappa shape index (κ1) is 27.5. The molecule has 0 aromatic heterocycles. The number of barbiturate groups is 1. The number of methoxy groups -OCH3 is 1. The molecule has 3 aromatic carbocycles. The van der Waals surface area contributed by atoms with Crippen molar-refractivity contribution < 1.29 is 28.6 Å². The summed E-state index contributed by atoms with van der Waals surface area (Å²) < 4.78 is 17.4. The van der Waals surface area contributed by atoms with Gasteiger partial charge in [-0.25, -0.2) is 9.69 Å². The number of amides is 4. The van der Waals surface area contributed by atoms with E-state index in [1.165, 1.54) is 13.2 Å². The van der Waals surface area contributed by atoms with Crippen molar-refractivity contribution in [2.75, 3.05) is 18.6 Å². The largest absolute Gasteiger partial charge is 0.494 e. The molecule has 1 aliphatic heterocycles. The monoisotopic (exact) mass is 618 g/mol. The first-order valence-corrected chi connectivity index (χ1v) is 12.8. The summed E-state index contributed by atoms with van der Waals surface area (Å²) in [4.78, 5) is 39.2. The molecule has 38 heavy (non-hydrogen) atoms. The minimum absolute atomic E-state index is 0.187. The molecule has 1 aliphatic rings. The summed E-state index contributed by atoms with van der Waals surface area (Å²) in [5.41, 5.74) is 1.33. The van der Waals surface area contributed by atoms with E-state index in [-0.39, 0.29) is 12.2 Å².